The average molecular weight is 379 g/mol. The van der Waals surface area contributed by atoms with Gasteiger partial charge in [0.25, 0.3) is 0 Å². The third-order valence-corrected chi connectivity index (χ3v) is 3.42. The monoisotopic (exact) mass is 377 g/mol. The summed E-state index contributed by atoms with van der Waals surface area (Å²) in [7, 11) is 0. The van der Waals surface area contributed by atoms with Crippen molar-refractivity contribution in [3.05, 3.63) is 28.2 Å². The molecule has 1 unspecified atom stereocenters. The molecular weight excluding hydrogens is 358 g/mol. The largest absolute Gasteiger partial charge is 0.355 e. The zero-order chi connectivity index (χ0) is 15.1. The highest BCUT2D eigenvalue weighted by Crippen LogP contribution is 2.20. The summed E-state index contributed by atoms with van der Waals surface area (Å²) in [6.45, 7) is 4.28. The first kappa shape index (κ1) is 19.9. The molecule has 0 aliphatic heterocycles. The maximum absolute atomic E-state index is 11.8. The quantitative estimate of drug-likeness (QED) is 0.709. The van der Waals surface area contributed by atoms with E-state index in [-0.39, 0.29) is 36.6 Å². The summed E-state index contributed by atoms with van der Waals surface area (Å²) >= 11 is 3.36. The van der Waals surface area contributed by atoms with Gasteiger partial charge in [0.15, 0.2) is 0 Å². The van der Waals surface area contributed by atoms with Gasteiger partial charge in [-0.1, -0.05) is 28.9 Å². The van der Waals surface area contributed by atoms with E-state index < -0.39 is 0 Å². The van der Waals surface area contributed by atoms with E-state index >= 15 is 0 Å². The van der Waals surface area contributed by atoms with Gasteiger partial charge in [-0.3, -0.25) is 9.59 Å². The predicted molar refractivity (Wildman–Crippen MR) is 90.6 cm³/mol. The summed E-state index contributed by atoms with van der Waals surface area (Å²) in [5, 5.41) is 5.51. The van der Waals surface area contributed by atoms with Gasteiger partial charge in [-0.25, -0.2) is 0 Å². The second kappa shape index (κ2) is 9.76. The number of hydrogen-bond donors (Lipinski definition) is 3. The molecule has 1 rings (SSSR count). The van der Waals surface area contributed by atoms with E-state index in [1.807, 2.05) is 25.1 Å². The van der Waals surface area contributed by atoms with Crippen LogP contribution in [-0.4, -0.2) is 24.9 Å². The number of nitrogens with one attached hydrogen (secondary N) is 2. The van der Waals surface area contributed by atoms with E-state index in [9.17, 15) is 9.59 Å². The van der Waals surface area contributed by atoms with E-state index in [4.69, 9.17) is 5.73 Å². The molecule has 0 aliphatic rings. The Balaban J connectivity index is 0.00000400. The molecule has 0 aromatic heterocycles. The van der Waals surface area contributed by atoms with Crippen LogP contribution >= 0.6 is 28.3 Å². The minimum Gasteiger partial charge on any atom is -0.355 e. The standard InChI is InChI=1S/C14H20BrN3O2.ClH/c1-9-3-4-11(15)7-12(9)18-13(19)5-6-17-14(20)10(2)8-16;/h3-4,7,10H,5-6,8,16H2,1-2H3,(H,17,20)(H,18,19);1H. The Morgan fingerprint density at radius 1 is 1.38 bits per heavy atom. The third-order valence-electron chi connectivity index (χ3n) is 2.93. The second-order valence-corrected chi connectivity index (χ2v) is 5.60. The Bertz CT molecular complexity index is 497. The molecule has 0 fully saturated rings. The molecular formula is C14H21BrClN3O2. The predicted octanol–water partition coefficient (Wildman–Crippen LogP) is 2.22. The van der Waals surface area contributed by atoms with Crippen molar-refractivity contribution < 1.29 is 9.59 Å². The van der Waals surface area contributed by atoms with Crippen LogP contribution in [0.3, 0.4) is 0 Å². The first-order valence-corrected chi connectivity index (χ1v) is 7.27. The highest BCUT2D eigenvalue weighted by Gasteiger charge is 2.11. The molecule has 0 bridgehead atoms. The SMILES string of the molecule is Cc1ccc(Br)cc1NC(=O)CCNC(=O)C(C)CN.Cl. The van der Waals surface area contributed by atoms with Crippen molar-refractivity contribution in [2.24, 2.45) is 11.7 Å². The van der Waals surface area contributed by atoms with E-state index in [0.29, 0.717) is 13.1 Å². The van der Waals surface area contributed by atoms with Crippen LogP contribution in [0, 0.1) is 12.8 Å². The zero-order valence-corrected chi connectivity index (χ0v) is 14.5. The fourth-order valence-electron chi connectivity index (χ4n) is 1.52. The molecule has 0 heterocycles. The molecule has 7 heteroatoms. The van der Waals surface area contributed by atoms with Gasteiger partial charge in [0, 0.05) is 35.6 Å². The normalized spacial score (nSPS) is 11.2. The molecule has 0 spiro atoms. The van der Waals surface area contributed by atoms with E-state index in [1.165, 1.54) is 0 Å². The Morgan fingerprint density at radius 2 is 2.05 bits per heavy atom. The van der Waals surface area contributed by atoms with Crippen molar-refractivity contribution in [3.63, 3.8) is 0 Å². The number of aryl methyl sites for hydroxylation is 1. The van der Waals surface area contributed by atoms with Crippen LogP contribution in [0.2, 0.25) is 0 Å². The maximum Gasteiger partial charge on any atom is 0.226 e. The number of carbonyl (C=O) groups excluding carboxylic acids is 2. The molecule has 5 nitrogen and oxygen atoms in total. The van der Waals surface area contributed by atoms with Crippen LogP contribution in [0.25, 0.3) is 0 Å². The minimum absolute atomic E-state index is 0. The van der Waals surface area contributed by atoms with Crippen LogP contribution < -0.4 is 16.4 Å². The van der Waals surface area contributed by atoms with Crippen LogP contribution in [0.4, 0.5) is 5.69 Å². The molecule has 21 heavy (non-hydrogen) atoms. The average Bonchev–Trinajstić information content (AvgIpc) is 2.41. The molecule has 118 valence electrons. The van der Waals surface area contributed by atoms with Crippen LogP contribution in [0.5, 0.6) is 0 Å². The zero-order valence-electron chi connectivity index (χ0n) is 12.1. The van der Waals surface area contributed by atoms with Crippen molar-refractivity contribution in [3.8, 4) is 0 Å². The molecule has 1 atom stereocenters. The highest BCUT2D eigenvalue weighted by molar-refractivity contribution is 9.10. The summed E-state index contributed by atoms with van der Waals surface area (Å²) in [5.41, 5.74) is 7.15. The summed E-state index contributed by atoms with van der Waals surface area (Å²) in [5.74, 6) is -0.490. The Morgan fingerprint density at radius 3 is 2.67 bits per heavy atom. The van der Waals surface area contributed by atoms with Crippen LogP contribution in [0.15, 0.2) is 22.7 Å². The lowest BCUT2D eigenvalue weighted by Gasteiger charge is -2.11. The van der Waals surface area contributed by atoms with Gasteiger partial charge >= 0.3 is 0 Å². The number of nitrogens with two attached hydrogens (primary N) is 1. The molecule has 1 aromatic rings. The number of carbonyl (C=O) groups is 2. The van der Waals surface area contributed by atoms with Gasteiger partial charge in [0.05, 0.1) is 0 Å². The smallest absolute Gasteiger partial charge is 0.226 e. The summed E-state index contributed by atoms with van der Waals surface area (Å²) in [4.78, 5) is 23.3. The van der Waals surface area contributed by atoms with Crippen molar-refractivity contribution in [1.29, 1.82) is 0 Å². The summed E-state index contributed by atoms with van der Waals surface area (Å²) in [6.07, 6.45) is 0.231. The van der Waals surface area contributed by atoms with Crippen molar-refractivity contribution in [2.45, 2.75) is 20.3 Å². The second-order valence-electron chi connectivity index (χ2n) is 4.69. The molecule has 2 amide bonds. The minimum atomic E-state index is -0.231. The lowest BCUT2D eigenvalue weighted by molar-refractivity contribution is -0.124. The molecule has 4 N–H and O–H groups in total. The Kier molecular flexibility index (Phi) is 9.24. The molecule has 1 aromatic carbocycles. The fraction of sp³-hybridized carbons (Fsp3) is 0.429. The van der Waals surface area contributed by atoms with Gasteiger partial charge in [0.2, 0.25) is 11.8 Å². The topological polar surface area (TPSA) is 84.2 Å². The van der Waals surface area contributed by atoms with Crippen molar-refractivity contribution >= 4 is 45.8 Å². The van der Waals surface area contributed by atoms with Gasteiger partial charge in [-0.15, -0.1) is 12.4 Å². The summed E-state index contributed by atoms with van der Waals surface area (Å²) in [6, 6.07) is 5.69. The van der Waals surface area contributed by atoms with Crippen molar-refractivity contribution in [2.75, 3.05) is 18.4 Å². The van der Waals surface area contributed by atoms with E-state index in [2.05, 4.69) is 26.6 Å². The highest BCUT2D eigenvalue weighted by atomic mass is 79.9. The van der Waals surface area contributed by atoms with E-state index in [0.717, 1.165) is 15.7 Å². The number of anilines is 1. The fourth-order valence-corrected chi connectivity index (χ4v) is 1.88. The number of hydrogen-bond acceptors (Lipinski definition) is 3. The molecule has 0 saturated carbocycles. The van der Waals surface area contributed by atoms with Gasteiger partial charge in [-0.2, -0.15) is 0 Å². The molecule has 0 saturated heterocycles. The number of amides is 2. The van der Waals surface area contributed by atoms with Crippen LogP contribution in [0.1, 0.15) is 18.9 Å². The number of benzene rings is 1. The third kappa shape index (κ3) is 6.93. The summed E-state index contributed by atoms with van der Waals surface area (Å²) < 4.78 is 0.906. The number of rotatable bonds is 6. The van der Waals surface area contributed by atoms with Gasteiger partial charge < -0.3 is 16.4 Å². The first-order chi connectivity index (χ1) is 9.43. The first-order valence-electron chi connectivity index (χ1n) is 6.47. The van der Waals surface area contributed by atoms with Crippen LogP contribution in [-0.2, 0) is 9.59 Å². The lowest BCUT2D eigenvalue weighted by atomic mass is 10.1. The van der Waals surface area contributed by atoms with Crippen molar-refractivity contribution in [1.82, 2.24) is 5.32 Å². The number of halogens is 2. The molecule has 0 aliphatic carbocycles. The van der Waals surface area contributed by atoms with E-state index in [1.54, 1.807) is 6.92 Å². The Labute approximate surface area is 139 Å². The van der Waals surface area contributed by atoms with Gasteiger partial charge in [0.1, 0.15) is 0 Å². The lowest BCUT2D eigenvalue weighted by Crippen LogP contribution is -2.35. The molecule has 0 radical (unpaired) electrons. The maximum atomic E-state index is 11.8. The Hall–Kier alpha value is -1.11. The van der Waals surface area contributed by atoms with Gasteiger partial charge in [-0.05, 0) is 24.6 Å².